The highest BCUT2D eigenvalue weighted by Crippen LogP contribution is 2.49. The van der Waals surface area contributed by atoms with E-state index in [1.54, 1.807) is 0 Å². The van der Waals surface area contributed by atoms with E-state index in [-0.39, 0.29) is 12.0 Å². The van der Waals surface area contributed by atoms with Gasteiger partial charge in [0.25, 0.3) is 0 Å². The van der Waals surface area contributed by atoms with Crippen LogP contribution in [0.3, 0.4) is 0 Å². The van der Waals surface area contributed by atoms with Crippen LogP contribution in [-0.2, 0) is 17.7 Å². The highest BCUT2D eigenvalue weighted by Gasteiger charge is 2.33. The van der Waals surface area contributed by atoms with E-state index in [9.17, 15) is 4.79 Å². The molecule has 0 amide bonds. The molecular formula is C38H36N4O2. The monoisotopic (exact) mass is 580 g/mol. The van der Waals surface area contributed by atoms with Gasteiger partial charge in [-0.3, -0.25) is 0 Å². The van der Waals surface area contributed by atoms with Crippen LogP contribution < -0.4 is 10.2 Å². The van der Waals surface area contributed by atoms with Gasteiger partial charge in [-0.05, 0) is 86.1 Å². The first kappa shape index (κ1) is 26.8. The molecule has 1 aliphatic carbocycles. The number of nitrogens with one attached hydrogen (secondary N) is 1. The molecule has 1 unspecified atom stereocenters. The zero-order valence-electron chi connectivity index (χ0n) is 25.1. The maximum atomic E-state index is 12.4. The van der Waals surface area contributed by atoms with E-state index in [1.807, 2.05) is 18.2 Å². The zero-order chi connectivity index (χ0) is 29.6. The van der Waals surface area contributed by atoms with E-state index in [4.69, 9.17) is 9.72 Å². The Labute approximate surface area is 258 Å². The van der Waals surface area contributed by atoms with Crippen LogP contribution in [-0.4, -0.2) is 29.2 Å². The number of imidazole rings is 1. The number of carbonyl (C=O) groups is 1. The molecule has 1 atom stereocenters. The van der Waals surface area contributed by atoms with Crippen molar-refractivity contribution in [2.24, 2.45) is 0 Å². The minimum absolute atomic E-state index is 0.0305. The Kier molecular flexibility index (Phi) is 6.70. The van der Waals surface area contributed by atoms with Crippen LogP contribution in [0.15, 0.2) is 96.6 Å². The molecule has 3 aliphatic rings. The number of anilines is 3. The summed E-state index contributed by atoms with van der Waals surface area (Å²) in [7, 11) is 1.42. The number of nitrogens with zero attached hydrogens (tertiary/aromatic N) is 3. The molecule has 6 nitrogen and oxygen atoms in total. The van der Waals surface area contributed by atoms with Gasteiger partial charge in [-0.2, -0.15) is 0 Å². The van der Waals surface area contributed by atoms with Gasteiger partial charge in [-0.15, -0.1) is 0 Å². The molecule has 1 N–H and O–H groups in total. The fraction of sp³-hybridized carbons (Fsp3) is 0.263. The largest absolute Gasteiger partial charge is 0.465 e. The van der Waals surface area contributed by atoms with Crippen molar-refractivity contribution >= 4 is 34.1 Å². The summed E-state index contributed by atoms with van der Waals surface area (Å²) in [5.74, 6) is 0.573. The normalized spacial score (nSPS) is 17.0. The number of benzene rings is 4. The molecule has 3 heterocycles. The van der Waals surface area contributed by atoms with E-state index < -0.39 is 0 Å². The third-order valence-corrected chi connectivity index (χ3v) is 9.53. The number of ether oxygens (including phenoxy) is 1. The molecule has 6 heteroatoms. The number of rotatable bonds is 6. The number of para-hydroxylation sites is 1. The van der Waals surface area contributed by atoms with Crippen molar-refractivity contribution < 1.29 is 9.53 Å². The quantitative estimate of drug-likeness (QED) is 0.161. The topological polar surface area (TPSA) is 59.4 Å². The number of methoxy groups -OCH3 is 1. The SMILES string of the molecule is COC(=O)c1ccc2c(c1)nc(-c1ccc3c(c1)NC(c1ccccc1)c1cccc4c1N3CC4)n2CCC1=CCCCC1. The third kappa shape index (κ3) is 4.57. The molecule has 0 saturated carbocycles. The van der Waals surface area contributed by atoms with Gasteiger partial charge >= 0.3 is 5.97 Å². The summed E-state index contributed by atoms with van der Waals surface area (Å²) in [5.41, 5.74) is 12.5. The van der Waals surface area contributed by atoms with Crippen LogP contribution >= 0.6 is 0 Å². The summed E-state index contributed by atoms with van der Waals surface area (Å²) in [4.78, 5) is 20.0. The van der Waals surface area contributed by atoms with Gasteiger partial charge in [0.15, 0.2) is 0 Å². The molecule has 1 aromatic heterocycles. The van der Waals surface area contributed by atoms with Crippen LogP contribution in [0.2, 0.25) is 0 Å². The number of hydrogen-bond donors (Lipinski definition) is 1. The van der Waals surface area contributed by atoms with Crippen molar-refractivity contribution in [3.63, 3.8) is 0 Å². The van der Waals surface area contributed by atoms with Crippen molar-refractivity contribution in [2.45, 2.75) is 51.1 Å². The Balaban J connectivity index is 1.25. The number of esters is 1. The predicted molar refractivity (Wildman–Crippen MR) is 177 cm³/mol. The Morgan fingerprint density at radius 3 is 2.73 bits per heavy atom. The summed E-state index contributed by atoms with van der Waals surface area (Å²) < 4.78 is 7.35. The second-order valence-corrected chi connectivity index (χ2v) is 12.1. The number of aromatic nitrogens is 2. The predicted octanol–water partition coefficient (Wildman–Crippen LogP) is 8.59. The zero-order valence-corrected chi connectivity index (χ0v) is 25.1. The number of carbonyl (C=O) groups excluding carboxylic acids is 1. The maximum absolute atomic E-state index is 12.4. The lowest BCUT2D eigenvalue weighted by Crippen LogP contribution is -2.14. The average molecular weight is 581 g/mol. The van der Waals surface area contributed by atoms with Crippen LogP contribution in [0.1, 0.15) is 65.2 Å². The molecule has 2 aliphatic heterocycles. The Morgan fingerprint density at radius 2 is 1.89 bits per heavy atom. The molecule has 5 aromatic rings. The fourth-order valence-corrected chi connectivity index (χ4v) is 7.34. The standard InChI is InChI=1S/C38H36N4O2/c1-44-38(43)29-16-18-34-32(24-29)40-37(42(34)21-19-25-9-4-2-5-10-25)28-15-17-33-31(23-28)39-35(26-11-6-3-7-12-26)30-14-8-13-27-20-22-41(33)36(27)30/h3,6-9,11-18,23-24,35,39H,2,4-5,10,19-22H2,1H3. The van der Waals surface area contributed by atoms with E-state index in [1.165, 1.54) is 66.4 Å². The molecule has 0 bridgehead atoms. The Bertz CT molecular complexity index is 1920. The molecule has 4 aromatic carbocycles. The number of fused-ring (bicyclic) bond motifs is 3. The lowest BCUT2D eigenvalue weighted by atomic mass is 9.95. The lowest BCUT2D eigenvalue weighted by molar-refractivity contribution is 0.0601. The van der Waals surface area contributed by atoms with Crippen LogP contribution in [0, 0.1) is 0 Å². The molecular weight excluding hydrogens is 544 g/mol. The molecule has 0 radical (unpaired) electrons. The summed E-state index contributed by atoms with van der Waals surface area (Å²) in [6, 6.07) is 30.0. The molecule has 8 rings (SSSR count). The number of aryl methyl sites for hydroxylation is 1. The van der Waals surface area contributed by atoms with Crippen LogP contribution in [0.5, 0.6) is 0 Å². The van der Waals surface area contributed by atoms with Gasteiger partial charge in [0, 0.05) is 24.2 Å². The summed E-state index contributed by atoms with van der Waals surface area (Å²) >= 11 is 0. The highest BCUT2D eigenvalue weighted by atomic mass is 16.5. The van der Waals surface area contributed by atoms with Gasteiger partial charge in [0.05, 0.1) is 46.8 Å². The molecule has 0 fully saturated rings. The minimum Gasteiger partial charge on any atom is -0.465 e. The maximum Gasteiger partial charge on any atom is 0.337 e. The van der Waals surface area contributed by atoms with E-state index in [2.05, 4.69) is 87.6 Å². The van der Waals surface area contributed by atoms with Crippen molar-refractivity contribution in [1.29, 1.82) is 0 Å². The Hall–Kier alpha value is -4.84. The van der Waals surface area contributed by atoms with E-state index in [0.29, 0.717) is 5.56 Å². The van der Waals surface area contributed by atoms with E-state index in [0.717, 1.165) is 54.0 Å². The van der Waals surface area contributed by atoms with Crippen molar-refractivity contribution in [3.8, 4) is 11.4 Å². The first-order valence-electron chi connectivity index (χ1n) is 15.8. The number of hydrogen-bond acceptors (Lipinski definition) is 5. The fourth-order valence-electron chi connectivity index (χ4n) is 7.34. The average Bonchev–Trinajstić information content (AvgIpc) is 3.64. The molecule has 220 valence electrons. The summed E-state index contributed by atoms with van der Waals surface area (Å²) in [6.45, 7) is 1.80. The van der Waals surface area contributed by atoms with Crippen molar-refractivity contribution in [3.05, 3.63) is 119 Å². The van der Waals surface area contributed by atoms with Gasteiger partial charge in [-0.25, -0.2) is 9.78 Å². The first-order valence-corrected chi connectivity index (χ1v) is 15.8. The van der Waals surface area contributed by atoms with E-state index >= 15 is 0 Å². The van der Waals surface area contributed by atoms with Crippen molar-refractivity contribution in [1.82, 2.24) is 9.55 Å². The molecule has 0 saturated heterocycles. The van der Waals surface area contributed by atoms with Crippen LogP contribution in [0.4, 0.5) is 17.1 Å². The highest BCUT2D eigenvalue weighted by molar-refractivity contribution is 5.95. The molecule has 0 spiro atoms. The Morgan fingerprint density at radius 1 is 0.977 bits per heavy atom. The summed E-state index contributed by atoms with van der Waals surface area (Å²) in [5, 5.41) is 3.95. The van der Waals surface area contributed by atoms with Crippen molar-refractivity contribution in [2.75, 3.05) is 23.9 Å². The first-order chi connectivity index (χ1) is 21.7. The smallest absolute Gasteiger partial charge is 0.337 e. The minimum atomic E-state index is -0.346. The van der Waals surface area contributed by atoms with Gasteiger partial charge in [0.2, 0.25) is 0 Å². The van der Waals surface area contributed by atoms with Gasteiger partial charge < -0.3 is 19.5 Å². The molecule has 44 heavy (non-hydrogen) atoms. The van der Waals surface area contributed by atoms with Crippen LogP contribution in [0.25, 0.3) is 22.4 Å². The third-order valence-electron chi connectivity index (χ3n) is 9.53. The van der Waals surface area contributed by atoms with Gasteiger partial charge in [-0.1, -0.05) is 60.2 Å². The number of allylic oxidation sites excluding steroid dienone is 2. The lowest BCUT2D eigenvalue weighted by Gasteiger charge is -2.22. The second kappa shape index (κ2) is 11.0. The summed E-state index contributed by atoms with van der Waals surface area (Å²) in [6.07, 6.45) is 9.38. The second-order valence-electron chi connectivity index (χ2n) is 12.1. The van der Waals surface area contributed by atoms with Gasteiger partial charge in [0.1, 0.15) is 5.82 Å².